The third-order valence-corrected chi connectivity index (χ3v) is 4.60. The Kier molecular flexibility index (Phi) is 3.65. The van der Waals surface area contributed by atoms with E-state index in [4.69, 9.17) is 4.98 Å². The predicted octanol–water partition coefficient (Wildman–Crippen LogP) is 3.60. The molecule has 0 aliphatic heterocycles. The lowest BCUT2D eigenvalue weighted by Crippen LogP contribution is -2.36. The predicted molar refractivity (Wildman–Crippen MR) is 69.9 cm³/mol. The van der Waals surface area contributed by atoms with Gasteiger partial charge in [-0.05, 0) is 32.6 Å². The maximum absolute atomic E-state index is 4.72. The van der Waals surface area contributed by atoms with Crippen molar-refractivity contribution in [2.24, 2.45) is 5.92 Å². The van der Waals surface area contributed by atoms with Crippen molar-refractivity contribution in [2.75, 3.05) is 0 Å². The van der Waals surface area contributed by atoms with Gasteiger partial charge in [0.2, 0.25) is 0 Å². The Labute approximate surface area is 102 Å². The first kappa shape index (κ1) is 12.1. The van der Waals surface area contributed by atoms with Crippen LogP contribution in [0, 0.1) is 19.8 Å². The molecule has 2 nitrogen and oxygen atoms in total. The summed E-state index contributed by atoms with van der Waals surface area (Å²) < 4.78 is 0. The van der Waals surface area contributed by atoms with Crippen molar-refractivity contribution in [3.63, 3.8) is 0 Å². The lowest BCUT2D eigenvalue weighted by Gasteiger charge is -2.34. The number of rotatable bonds is 4. The average molecular weight is 238 g/mol. The highest BCUT2D eigenvalue weighted by Gasteiger charge is 2.30. The van der Waals surface area contributed by atoms with E-state index in [0.29, 0.717) is 12.1 Å². The smallest absolute Gasteiger partial charge is 0.110 e. The van der Waals surface area contributed by atoms with Crippen LogP contribution in [-0.2, 0) is 0 Å². The van der Waals surface area contributed by atoms with Crippen molar-refractivity contribution >= 4 is 11.3 Å². The average Bonchev–Trinajstić information content (AvgIpc) is 2.42. The first-order valence-corrected chi connectivity index (χ1v) is 7.09. The summed E-state index contributed by atoms with van der Waals surface area (Å²) in [6, 6.07) is 1.03. The first-order valence-electron chi connectivity index (χ1n) is 6.28. The van der Waals surface area contributed by atoms with Crippen LogP contribution in [0.25, 0.3) is 0 Å². The number of hydrogen-bond donors (Lipinski definition) is 1. The van der Waals surface area contributed by atoms with Crippen LogP contribution in [0.5, 0.6) is 0 Å². The van der Waals surface area contributed by atoms with E-state index in [-0.39, 0.29) is 0 Å². The molecular formula is C13H22N2S. The van der Waals surface area contributed by atoms with Gasteiger partial charge in [0.15, 0.2) is 0 Å². The van der Waals surface area contributed by atoms with E-state index in [1.54, 1.807) is 0 Å². The van der Waals surface area contributed by atoms with Crippen LogP contribution in [0.15, 0.2) is 0 Å². The fraction of sp³-hybridized carbons (Fsp3) is 0.769. The largest absolute Gasteiger partial charge is 0.305 e. The van der Waals surface area contributed by atoms with Crippen LogP contribution >= 0.6 is 11.3 Å². The Bertz CT molecular complexity index is 333. The number of thiazole rings is 1. The van der Waals surface area contributed by atoms with Gasteiger partial charge in [-0.1, -0.05) is 20.3 Å². The lowest BCUT2D eigenvalue weighted by molar-refractivity contribution is 0.221. The quantitative estimate of drug-likeness (QED) is 0.867. The van der Waals surface area contributed by atoms with E-state index in [1.165, 1.54) is 34.8 Å². The molecule has 3 heteroatoms. The summed E-state index contributed by atoms with van der Waals surface area (Å²) >= 11 is 1.87. The fourth-order valence-electron chi connectivity index (χ4n) is 2.17. The molecule has 1 saturated carbocycles. The minimum Gasteiger partial charge on any atom is -0.305 e. The molecule has 1 unspecified atom stereocenters. The summed E-state index contributed by atoms with van der Waals surface area (Å²) in [5, 5.41) is 4.99. The fourth-order valence-corrected chi connectivity index (χ4v) is 3.25. The van der Waals surface area contributed by atoms with Crippen molar-refractivity contribution in [1.82, 2.24) is 10.3 Å². The Morgan fingerprint density at radius 3 is 2.38 bits per heavy atom. The Morgan fingerprint density at radius 2 is 2.00 bits per heavy atom. The minimum absolute atomic E-state index is 0.492. The van der Waals surface area contributed by atoms with Gasteiger partial charge in [-0.25, -0.2) is 4.98 Å². The number of aryl methyl sites for hydroxylation is 2. The van der Waals surface area contributed by atoms with Crippen molar-refractivity contribution < 1.29 is 0 Å². The molecule has 90 valence electrons. The third kappa shape index (κ3) is 2.46. The molecule has 2 rings (SSSR count). The molecule has 0 spiro atoms. The van der Waals surface area contributed by atoms with Crippen LogP contribution in [-0.4, -0.2) is 11.0 Å². The molecule has 1 aromatic heterocycles. The zero-order valence-corrected chi connectivity index (χ0v) is 11.5. The highest BCUT2D eigenvalue weighted by atomic mass is 32.1. The van der Waals surface area contributed by atoms with Gasteiger partial charge in [-0.3, -0.25) is 0 Å². The van der Waals surface area contributed by atoms with E-state index < -0.39 is 0 Å². The molecule has 1 atom stereocenters. The van der Waals surface area contributed by atoms with Gasteiger partial charge >= 0.3 is 0 Å². The van der Waals surface area contributed by atoms with E-state index >= 15 is 0 Å². The monoisotopic (exact) mass is 238 g/mol. The zero-order chi connectivity index (χ0) is 11.7. The van der Waals surface area contributed by atoms with Gasteiger partial charge < -0.3 is 5.32 Å². The molecule has 0 saturated heterocycles. The highest BCUT2D eigenvalue weighted by Crippen LogP contribution is 2.39. The molecule has 16 heavy (non-hydrogen) atoms. The van der Waals surface area contributed by atoms with Crippen LogP contribution in [0.2, 0.25) is 0 Å². The molecule has 0 aromatic carbocycles. The molecule has 1 heterocycles. The molecule has 1 aliphatic carbocycles. The molecular weight excluding hydrogens is 216 g/mol. The number of hydrogen-bond acceptors (Lipinski definition) is 3. The topological polar surface area (TPSA) is 24.9 Å². The van der Waals surface area contributed by atoms with Crippen LogP contribution in [0.3, 0.4) is 0 Å². The first-order chi connectivity index (χ1) is 7.58. The van der Waals surface area contributed by atoms with Crippen molar-refractivity contribution in [1.29, 1.82) is 0 Å². The normalized spacial score (nSPS) is 18.8. The molecule has 1 aromatic rings. The van der Waals surface area contributed by atoms with Crippen LogP contribution < -0.4 is 5.32 Å². The van der Waals surface area contributed by atoms with Gasteiger partial charge in [-0.2, -0.15) is 0 Å². The Morgan fingerprint density at radius 1 is 1.31 bits per heavy atom. The molecule has 0 amide bonds. The van der Waals surface area contributed by atoms with Gasteiger partial charge in [0, 0.05) is 10.9 Å². The molecule has 1 fully saturated rings. The molecule has 1 aliphatic rings. The molecule has 0 bridgehead atoms. The third-order valence-electron chi connectivity index (χ3n) is 3.45. The summed E-state index contributed by atoms with van der Waals surface area (Å²) in [6.45, 7) is 8.73. The summed E-state index contributed by atoms with van der Waals surface area (Å²) in [5.74, 6) is 0.812. The van der Waals surface area contributed by atoms with Gasteiger partial charge in [0.05, 0.1) is 11.7 Å². The second kappa shape index (κ2) is 4.84. The van der Waals surface area contributed by atoms with E-state index in [0.717, 1.165) is 5.92 Å². The molecule has 1 N–H and O–H groups in total. The second-order valence-electron chi connectivity index (χ2n) is 5.18. The van der Waals surface area contributed by atoms with Crippen LogP contribution in [0.4, 0.5) is 0 Å². The minimum atomic E-state index is 0.492. The van der Waals surface area contributed by atoms with E-state index in [2.05, 4.69) is 33.0 Å². The van der Waals surface area contributed by atoms with Crippen molar-refractivity contribution in [2.45, 2.75) is 59.0 Å². The van der Waals surface area contributed by atoms with Gasteiger partial charge in [0.25, 0.3) is 0 Å². The van der Waals surface area contributed by atoms with Gasteiger partial charge in [0.1, 0.15) is 5.01 Å². The Hall–Kier alpha value is -0.410. The summed E-state index contributed by atoms with van der Waals surface area (Å²) in [7, 11) is 0. The summed E-state index contributed by atoms with van der Waals surface area (Å²) in [6.07, 6.45) is 4.12. The molecule has 0 radical (unpaired) electrons. The number of nitrogens with zero attached hydrogens (tertiary/aromatic N) is 1. The van der Waals surface area contributed by atoms with Crippen molar-refractivity contribution in [3.8, 4) is 0 Å². The summed E-state index contributed by atoms with van der Waals surface area (Å²) in [5.41, 5.74) is 1.20. The maximum Gasteiger partial charge on any atom is 0.110 e. The number of aromatic nitrogens is 1. The van der Waals surface area contributed by atoms with Crippen molar-refractivity contribution in [3.05, 3.63) is 15.6 Å². The van der Waals surface area contributed by atoms with E-state index in [9.17, 15) is 0 Å². The van der Waals surface area contributed by atoms with E-state index in [1.807, 2.05) is 11.3 Å². The van der Waals surface area contributed by atoms with Gasteiger partial charge in [-0.15, -0.1) is 11.3 Å². The summed E-state index contributed by atoms with van der Waals surface area (Å²) in [4.78, 5) is 6.09. The maximum atomic E-state index is 4.72. The van der Waals surface area contributed by atoms with Crippen LogP contribution in [0.1, 0.15) is 54.7 Å². The standard InChI is InChI=1S/C13H22N2S/c1-8(2)14-12(11-6-5-7-11)13-15-9(3)10(4)16-13/h8,11-12,14H,5-7H2,1-4H3. The zero-order valence-electron chi connectivity index (χ0n) is 10.7. The second-order valence-corrected chi connectivity index (χ2v) is 6.42. The number of nitrogens with one attached hydrogen (secondary N) is 1. The lowest BCUT2D eigenvalue weighted by atomic mass is 9.79. The Balaban J connectivity index is 2.16. The highest BCUT2D eigenvalue weighted by molar-refractivity contribution is 7.11. The SMILES string of the molecule is Cc1nc(C(NC(C)C)C2CCC2)sc1C.